The lowest BCUT2D eigenvalue weighted by molar-refractivity contribution is 0.0948. The van der Waals surface area contributed by atoms with E-state index in [0.717, 1.165) is 6.54 Å². The molecule has 0 aliphatic heterocycles. The van der Waals surface area contributed by atoms with Crippen molar-refractivity contribution in [3.05, 3.63) is 29.8 Å². The number of rotatable bonds is 6. The molecule has 0 spiro atoms. The van der Waals surface area contributed by atoms with E-state index in [1.165, 1.54) is 25.7 Å². The van der Waals surface area contributed by atoms with E-state index < -0.39 is 0 Å². The average molecular weight is 277 g/mol. The van der Waals surface area contributed by atoms with Gasteiger partial charge in [0.1, 0.15) is 12.4 Å². The smallest absolute Gasteiger partial charge is 0.268 e. The molecule has 1 aliphatic rings. The lowest BCUT2D eigenvalue weighted by Gasteiger charge is -2.24. The van der Waals surface area contributed by atoms with Crippen molar-refractivity contribution in [3.8, 4) is 5.75 Å². The number of hydrogen-bond acceptors (Lipinski definition) is 4. The number of nitrogens with zero attached hydrogens (tertiary/aromatic N) is 1. The molecule has 1 aromatic rings. The molecule has 20 heavy (non-hydrogen) atoms. The summed E-state index contributed by atoms with van der Waals surface area (Å²) in [5.74, 6) is 5.42. The molecule has 110 valence electrons. The van der Waals surface area contributed by atoms with Crippen LogP contribution < -0.4 is 16.0 Å². The molecule has 5 nitrogen and oxygen atoms in total. The number of hydrazine groups is 1. The predicted molar refractivity (Wildman–Crippen MR) is 78.5 cm³/mol. The number of para-hydroxylation sites is 1. The van der Waals surface area contributed by atoms with E-state index in [1.54, 1.807) is 18.2 Å². The summed E-state index contributed by atoms with van der Waals surface area (Å²) in [5, 5.41) is 0. The van der Waals surface area contributed by atoms with Crippen LogP contribution in [-0.4, -0.2) is 37.0 Å². The van der Waals surface area contributed by atoms with Crippen LogP contribution >= 0.6 is 0 Å². The zero-order valence-electron chi connectivity index (χ0n) is 12.0. The minimum atomic E-state index is -0.329. The first-order valence-corrected chi connectivity index (χ1v) is 7.15. The first kappa shape index (κ1) is 14.8. The van der Waals surface area contributed by atoms with E-state index in [4.69, 9.17) is 10.6 Å². The zero-order chi connectivity index (χ0) is 14.4. The highest BCUT2D eigenvalue weighted by molar-refractivity contribution is 5.96. The zero-order valence-corrected chi connectivity index (χ0v) is 12.0. The SMILES string of the molecule is CN(CCOc1ccccc1C(=O)NN)C1CCCC1. The molecule has 0 unspecified atom stereocenters. The number of hydrogen-bond donors (Lipinski definition) is 2. The molecule has 0 atom stereocenters. The Morgan fingerprint density at radius 2 is 2.10 bits per heavy atom. The maximum absolute atomic E-state index is 11.6. The van der Waals surface area contributed by atoms with Gasteiger partial charge in [0.25, 0.3) is 5.91 Å². The van der Waals surface area contributed by atoms with Crippen LogP contribution in [-0.2, 0) is 0 Å². The fourth-order valence-electron chi connectivity index (χ4n) is 2.69. The first-order valence-electron chi connectivity index (χ1n) is 7.15. The molecular formula is C15H23N3O2. The highest BCUT2D eigenvalue weighted by atomic mass is 16.5. The van der Waals surface area contributed by atoms with Crippen LogP contribution in [0.4, 0.5) is 0 Å². The monoisotopic (exact) mass is 277 g/mol. The number of nitrogens with two attached hydrogens (primary N) is 1. The molecule has 2 rings (SSSR count). The number of carbonyl (C=O) groups is 1. The molecule has 1 amide bonds. The summed E-state index contributed by atoms with van der Waals surface area (Å²) in [6.45, 7) is 1.44. The van der Waals surface area contributed by atoms with Crippen LogP contribution in [0.2, 0.25) is 0 Å². The summed E-state index contributed by atoms with van der Waals surface area (Å²) >= 11 is 0. The van der Waals surface area contributed by atoms with E-state index in [2.05, 4.69) is 17.4 Å². The van der Waals surface area contributed by atoms with Crippen LogP contribution in [0.25, 0.3) is 0 Å². The second kappa shape index (κ2) is 7.26. The normalized spacial score (nSPS) is 15.6. The molecule has 0 saturated heterocycles. The number of amides is 1. The lowest BCUT2D eigenvalue weighted by Crippen LogP contribution is -2.33. The molecule has 1 saturated carbocycles. The van der Waals surface area contributed by atoms with Crippen LogP contribution in [0.5, 0.6) is 5.75 Å². The Kier molecular flexibility index (Phi) is 5.38. The van der Waals surface area contributed by atoms with Gasteiger partial charge in [-0.05, 0) is 32.0 Å². The second-order valence-electron chi connectivity index (χ2n) is 5.24. The van der Waals surface area contributed by atoms with Crippen LogP contribution in [0.1, 0.15) is 36.0 Å². The van der Waals surface area contributed by atoms with E-state index >= 15 is 0 Å². The molecule has 3 N–H and O–H groups in total. The van der Waals surface area contributed by atoms with Gasteiger partial charge < -0.3 is 9.64 Å². The Balaban J connectivity index is 1.86. The fourth-order valence-corrected chi connectivity index (χ4v) is 2.69. The molecular weight excluding hydrogens is 254 g/mol. The van der Waals surface area contributed by atoms with E-state index in [-0.39, 0.29) is 5.91 Å². The largest absolute Gasteiger partial charge is 0.491 e. The van der Waals surface area contributed by atoms with Crippen LogP contribution in [0.3, 0.4) is 0 Å². The van der Waals surface area contributed by atoms with E-state index in [9.17, 15) is 4.79 Å². The van der Waals surface area contributed by atoms with Crippen molar-refractivity contribution in [3.63, 3.8) is 0 Å². The third-order valence-corrected chi connectivity index (χ3v) is 3.91. The predicted octanol–water partition coefficient (Wildman–Crippen LogP) is 1.54. The summed E-state index contributed by atoms with van der Waals surface area (Å²) in [5.41, 5.74) is 2.61. The highest BCUT2D eigenvalue weighted by Gasteiger charge is 2.19. The Morgan fingerprint density at radius 1 is 1.40 bits per heavy atom. The minimum absolute atomic E-state index is 0.329. The Labute approximate surface area is 120 Å². The first-order chi connectivity index (χ1) is 9.72. The molecule has 0 bridgehead atoms. The Morgan fingerprint density at radius 3 is 2.80 bits per heavy atom. The molecule has 1 fully saturated rings. The summed E-state index contributed by atoms with van der Waals surface area (Å²) in [4.78, 5) is 14.0. The van der Waals surface area contributed by atoms with Crippen LogP contribution in [0, 0.1) is 0 Å². The number of nitrogens with one attached hydrogen (secondary N) is 1. The van der Waals surface area contributed by atoms with Gasteiger partial charge in [-0.2, -0.15) is 0 Å². The van der Waals surface area contributed by atoms with Crippen molar-refractivity contribution < 1.29 is 9.53 Å². The van der Waals surface area contributed by atoms with Crippen molar-refractivity contribution in [2.75, 3.05) is 20.2 Å². The molecule has 0 heterocycles. The third-order valence-electron chi connectivity index (χ3n) is 3.91. The van der Waals surface area contributed by atoms with Crippen molar-refractivity contribution in [2.45, 2.75) is 31.7 Å². The van der Waals surface area contributed by atoms with Crippen molar-refractivity contribution in [1.29, 1.82) is 0 Å². The molecule has 1 aliphatic carbocycles. The quantitative estimate of drug-likeness (QED) is 0.470. The van der Waals surface area contributed by atoms with E-state index in [0.29, 0.717) is 24.0 Å². The number of carbonyl (C=O) groups excluding carboxylic acids is 1. The number of nitrogen functional groups attached to an aromatic ring is 1. The van der Waals surface area contributed by atoms with Gasteiger partial charge in [-0.3, -0.25) is 10.2 Å². The van der Waals surface area contributed by atoms with Crippen LogP contribution in [0.15, 0.2) is 24.3 Å². The summed E-state index contributed by atoms with van der Waals surface area (Å²) in [6.07, 6.45) is 5.22. The summed E-state index contributed by atoms with van der Waals surface area (Å²) in [7, 11) is 2.14. The van der Waals surface area contributed by atoms with Gasteiger partial charge in [0, 0.05) is 12.6 Å². The van der Waals surface area contributed by atoms with Gasteiger partial charge >= 0.3 is 0 Å². The maximum Gasteiger partial charge on any atom is 0.268 e. The average Bonchev–Trinajstić information content (AvgIpc) is 3.01. The fraction of sp³-hybridized carbons (Fsp3) is 0.533. The van der Waals surface area contributed by atoms with Gasteiger partial charge in [0.05, 0.1) is 5.56 Å². The molecule has 1 aromatic carbocycles. The number of benzene rings is 1. The standard InChI is InChI=1S/C15H23N3O2/c1-18(12-6-2-3-7-12)10-11-20-14-9-5-4-8-13(14)15(19)17-16/h4-5,8-9,12H,2-3,6-7,10-11,16H2,1H3,(H,17,19). The molecule has 0 radical (unpaired) electrons. The van der Waals surface area contributed by atoms with E-state index in [1.807, 2.05) is 6.07 Å². The highest BCUT2D eigenvalue weighted by Crippen LogP contribution is 2.22. The Hall–Kier alpha value is -1.59. The second-order valence-corrected chi connectivity index (χ2v) is 5.24. The van der Waals surface area contributed by atoms with Gasteiger partial charge in [-0.15, -0.1) is 0 Å². The topological polar surface area (TPSA) is 67.6 Å². The summed E-state index contributed by atoms with van der Waals surface area (Å²) in [6, 6.07) is 7.82. The maximum atomic E-state index is 11.6. The lowest BCUT2D eigenvalue weighted by atomic mass is 10.2. The number of likely N-dealkylation sites (N-methyl/N-ethyl adjacent to an activating group) is 1. The van der Waals surface area contributed by atoms with Crippen molar-refractivity contribution in [1.82, 2.24) is 10.3 Å². The van der Waals surface area contributed by atoms with Gasteiger partial charge in [-0.1, -0.05) is 25.0 Å². The van der Waals surface area contributed by atoms with Gasteiger partial charge in [0.15, 0.2) is 0 Å². The molecule has 5 heteroatoms. The minimum Gasteiger partial charge on any atom is -0.491 e. The third kappa shape index (κ3) is 3.71. The van der Waals surface area contributed by atoms with Gasteiger partial charge in [0.2, 0.25) is 0 Å². The van der Waals surface area contributed by atoms with Crippen molar-refractivity contribution >= 4 is 5.91 Å². The van der Waals surface area contributed by atoms with Gasteiger partial charge in [-0.25, -0.2) is 5.84 Å². The molecule has 0 aromatic heterocycles. The summed E-state index contributed by atoms with van der Waals surface area (Å²) < 4.78 is 5.73. The number of ether oxygens (including phenoxy) is 1. The van der Waals surface area contributed by atoms with Crippen molar-refractivity contribution in [2.24, 2.45) is 5.84 Å². The Bertz CT molecular complexity index is 444.